The third kappa shape index (κ3) is 3.50. The molecule has 0 saturated carbocycles. The molecule has 0 atom stereocenters. The summed E-state index contributed by atoms with van der Waals surface area (Å²) in [5.41, 5.74) is 1.48. The fourth-order valence-electron chi connectivity index (χ4n) is 2.81. The summed E-state index contributed by atoms with van der Waals surface area (Å²) >= 11 is 1.50. The minimum absolute atomic E-state index is 0.0459. The van der Waals surface area contributed by atoms with Crippen LogP contribution in [-0.4, -0.2) is 30.0 Å². The van der Waals surface area contributed by atoms with E-state index in [-0.39, 0.29) is 22.6 Å². The summed E-state index contributed by atoms with van der Waals surface area (Å²) < 4.78 is 0. The summed E-state index contributed by atoms with van der Waals surface area (Å²) in [5, 5.41) is 17.9. The Morgan fingerprint density at radius 3 is 2.65 bits per heavy atom. The van der Waals surface area contributed by atoms with Gasteiger partial charge in [-0.3, -0.25) is 14.9 Å². The summed E-state index contributed by atoms with van der Waals surface area (Å²) in [5.74, 6) is -0.0459. The molecule has 1 aliphatic heterocycles. The number of carbonyl (C=O) groups is 1. The molecular formula is C16H17N3O3S. The highest BCUT2D eigenvalue weighted by molar-refractivity contribution is 7.08. The van der Waals surface area contributed by atoms with Gasteiger partial charge in [0, 0.05) is 36.1 Å². The molecule has 7 heteroatoms. The predicted octanol–water partition coefficient (Wildman–Crippen LogP) is 3.06. The topological polar surface area (TPSA) is 75.5 Å². The van der Waals surface area contributed by atoms with Crippen LogP contribution in [0.3, 0.4) is 0 Å². The lowest BCUT2D eigenvalue weighted by Gasteiger charge is -2.33. The first kappa shape index (κ1) is 15.5. The van der Waals surface area contributed by atoms with E-state index in [1.807, 2.05) is 27.8 Å². The standard InChI is InChI=1S/C16H17N3O3S/c20-16(12-7-10-23-11-12)17-13-5-8-18(9-6-13)14-3-1-2-4-15(14)19(21)22/h1-4,7,10-11,13H,5-6,8-9H2,(H,17,20). The monoisotopic (exact) mass is 331 g/mol. The van der Waals surface area contributed by atoms with Crippen molar-refractivity contribution in [3.8, 4) is 0 Å². The van der Waals surface area contributed by atoms with Gasteiger partial charge in [-0.25, -0.2) is 0 Å². The zero-order valence-electron chi connectivity index (χ0n) is 12.5. The summed E-state index contributed by atoms with van der Waals surface area (Å²) in [7, 11) is 0. The average molecular weight is 331 g/mol. The Labute approximate surface area is 137 Å². The SMILES string of the molecule is O=C(NC1CCN(c2ccccc2[N+](=O)[O-])CC1)c1ccsc1. The van der Waals surface area contributed by atoms with Gasteiger partial charge in [0.1, 0.15) is 5.69 Å². The van der Waals surface area contributed by atoms with Crippen LogP contribution in [0.5, 0.6) is 0 Å². The number of carbonyl (C=O) groups excluding carboxylic acids is 1. The van der Waals surface area contributed by atoms with Gasteiger partial charge in [-0.15, -0.1) is 0 Å². The zero-order valence-corrected chi connectivity index (χ0v) is 13.3. The second-order valence-corrected chi connectivity index (χ2v) is 6.27. The average Bonchev–Trinajstić information content (AvgIpc) is 3.10. The van der Waals surface area contributed by atoms with Gasteiger partial charge < -0.3 is 10.2 Å². The first-order chi connectivity index (χ1) is 11.1. The van der Waals surface area contributed by atoms with Gasteiger partial charge in [0.05, 0.1) is 4.92 Å². The van der Waals surface area contributed by atoms with E-state index in [1.165, 1.54) is 17.4 Å². The Balaban J connectivity index is 1.61. The van der Waals surface area contributed by atoms with Crippen LogP contribution in [-0.2, 0) is 0 Å². The molecule has 1 aromatic carbocycles. The number of nitro groups is 1. The molecule has 0 unspecified atom stereocenters. The van der Waals surface area contributed by atoms with Gasteiger partial charge in [-0.2, -0.15) is 11.3 Å². The van der Waals surface area contributed by atoms with Gasteiger partial charge in [0.15, 0.2) is 0 Å². The van der Waals surface area contributed by atoms with Crippen LogP contribution in [0.1, 0.15) is 23.2 Å². The number of thiophene rings is 1. The highest BCUT2D eigenvalue weighted by Crippen LogP contribution is 2.29. The number of benzene rings is 1. The lowest BCUT2D eigenvalue weighted by Crippen LogP contribution is -2.44. The number of nitro benzene ring substituents is 1. The maximum absolute atomic E-state index is 12.1. The third-order valence-corrected chi connectivity index (χ3v) is 4.72. The summed E-state index contributed by atoms with van der Waals surface area (Å²) in [6, 6.07) is 8.72. The van der Waals surface area contributed by atoms with E-state index >= 15 is 0 Å². The second-order valence-electron chi connectivity index (χ2n) is 5.49. The first-order valence-electron chi connectivity index (χ1n) is 7.46. The molecule has 2 aromatic rings. The largest absolute Gasteiger partial charge is 0.366 e. The van der Waals surface area contributed by atoms with Crippen molar-refractivity contribution in [2.24, 2.45) is 0 Å². The predicted molar refractivity (Wildman–Crippen MR) is 90.1 cm³/mol. The smallest absolute Gasteiger partial charge is 0.292 e. The van der Waals surface area contributed by atoms with Crippen molar-refractivity contribution >= 4 is 28.6 Å². The lowest BCUT2D eigenvalue weighted by atomic mass is 10.0. The lowest BCUT2D eigenvalue weighted by molar-refractivity contribution is -0.384. The first-order valence-corrected chi connectivity index (χ1v) is 8.41. The van der Waals surface area contributed by atoms with Crippen molar-refractivity contribution in [1.82, 2.24) is 5.32 Å². The fraction of sp³-hybridized carbons (Fsp3) is 0.312. The fourth-order valence-corrected chi connectivity index (χ4v) is 3.45. The number of nitrogens with one attached hydrogen (secondary N) is 1. The van der Waals surface area contributed by atoms with Crippen LogP contribution in [0, 0.1) is 10.1 Å². The molecule has 1 saturated heterocycles. The number of anilines is 1. The second kappa shape index (κ2) is 6.78. The molecule has 1 aliphatic rings. The maximum Gasteiger partial charge on any atom is 0.292 e. The molecule has 1 N–H and O–H groups in total. The van der Waals surface area contributed by atoms with Crippen LogP contribution in [0.2, 0.25) is 0 Å². The van der Waals surface area contributed by atoms with Crippen LogP contribution in [0.15, 0.2) is 41.1 Å². The van der Waals surface area contributed by atoms with E-state index in [1.54, 1.807) is 12.1 Å². The van der Waals surface area contributed by atoms with Gasteiger partial charge in [0.2, 0.25) is 0 Å². The molecule has 0 spiro atoms. The van der Waals surface area contributed by atoms with Gasteiger partial charge in [-0.1, -0.05) is 12.1 Å². The normalized spacial score (nSPS) is 15.4. The Bertz CT molecular complexity index is 694. The van der Waals surface area contributed by atoms with E-state index in [0.717, 1.165) is 12.8 Å². The quantitative estimate of drug-likeness (QED) is 0.690. The van der Waals surface area contributed by atoms with Crippen molar-refractivity contribution in [3.05, 3.63) is 56.8 Å². The molecule has 2 heterocycles. The molecule has 3 rings (SSSR count). The van der Waals surface area contributed by atoms with Gasteiger partial charge in [0.25, 0.3) is 11.6 Å². The highest BCUT2D eigenvalue weighted by atomic mass is 32.1. The third-order valence-electron chi connectivity index (χ3n) is 4.03. The minimum atomic E-state index is -0.347. The molecule has 0 radical (unpaired) electrons. The van der Waals surface area contributed by atoms with Crippen LogP contribution in [0.25, 0.3) is 0 Å². The highest BCUT2D eigenvalue weighted by Gasteiger charge is 2.25. The number of hydrogen-bond acceptors (Lipinski definition) is 5. The van der Waals surface area contributed by atoms with E-state index < -0.39 is 0 Å². The van der Waals surface area contributed by atoms with Crippen LogP contribution in [0.4, 0.5) is 11.4 Å². The summed E-state index contributed by atoms with van der Waals surface area (Å²) in [6.07, 6.45) is 1.56. The van der Waals surface area contributed by atoms with Crippen molar-refractivity contribution in [2.75, 3.05) is 18.0 Å². The number of piperidine rings is 1. The molecule has 120 valence electrons. The minimum Gasteiger partial charge on any atom is -0.366 e. The number of rotatable bonds is 4. The Morgan fingerprint density at radius 1 is 1.26 bits per heavy atom. The molecule has 1 amide bonds. The van der Waals surface area contributed by atoms with Crippen molar-refractivity contribution in [2.45, 2.75) is 18.9 Å². The van der Waals surface area contributed by atoms with Crippen LogP contribution < -0.4 is 10.2 Å². The zero-order chi connectivity index (χ0) is 16.2. The van der Waals surface area contributed by atoms with Crippen molar-refractivity contribution in [3.63, 3.8) is 0 Å². The summed E-state index contributed by atoms with van der Waals surface area (Å²) in [6.45, 7) is 1.39. The number of amides is 1. The molecule has 6 nitrogen and oxygen atoms in total. The van der Waals surface area contributed by atoms with Gasteiger partial charge >= 0.3 is 0 Å². The Morgan fingerprint density at radius 2 is 2.00 bits per heavy atom. The molecule has 1 fully saturated rings. The summed E-state index contributed by atoms with van der Waals surface area (Å²) in [4.78, 5) is 24.9. The number of para-hydroxylation sites is 2. The van der Waals surface area contributed by atoms with Crippen LogP contribution >= 0.6 is 11.3 Å². The van der Waals surface area contributed by atoms with E-state index in [2.05, 4.69) is 5.32 Å². The van der Waals surface area contributed by atoms with E-state index in [9.17, 15) is 14.9 Å². The molecular weight excluding hydrogens is 314 g/mol. The maximum atomic E-state index is 12.1. The van der Waals surface area contributed by atoms with Crippen molar-refractivity contribution < 1.29 is 9.72 Å². The van der Waals surface area contributed by atoms with Gasteiger partial charge in [-0.05, 0) is 30.4 Å². The van der Waals surface area contributed by atoms with Crippen molar-refractivity contribution in [1.29, 1.82) is 0 Å². The molecule has 23 heavy (non-hydrogen) atoms. The Kier molecular flexibility index (Phi) is 4.57. The number of hydrogen-bond donors (Lipinski definition) is 1. The number of nitrogens with zero attached hydrogens (tertiary/aromatic N) is 2. The van der Waals surface area contributed by atoms with E-state index in [4.69, 9.17) is 0 Å². The van der Waals surface area contributed by atoms with E-state index in [0.29, 0.717) is 24.3 Å². The molecule has 0 aliphatic carbocycles. The molecule has 1 aromatic heterocycles. The molecule has 0 bridgehead atoms. The Hall–Kier alpha value is -2.41.